The van der Waals surface area contributed by atoms with Gasteiger partial charge in [-0.15, -0.1) is 0 Å². The van der Waals surface area contributed by atoms with E-state index in [4.69, 9.17) is 0 Å². The Bertz CT molecular complexity index is 997. The molecular formula is C23H19BrN2O. The molecule has 0 bridgehead atoms. The molecule has 1 aliphatic carbocycles. The topological polar surface area (TPSA) is 52.9 Å². The molecule has 2 aromatic rings. The van der Waals surface area contributed by atoms with Crippen LogP contribution in [0.2, 0.25) is 0 Å². The van der Waals surface area contributed by atoms with E-state index in [1.54, 1.807) is 0 Å². The predicted molar refractivity (Wildman–Crippen MR) is 109 cm³/mol. The van der Waals surface area contributed by atoms with Gasteiger partial charge < -0.3 is 5.32 Å². The van der Waals surface area contributed by atoms with Gasteiger partial charge in [-0.2, -0.15) is 5.26 Å². The number of hydrogen-bond acceptors (Lipinski definition) is 3. The van der Waals surface area contributed by atoms with Gasteiger partial charge in [0.1, 0.15) is 0 Å². The number of nitrogens with zero attached hydrogens (tertiary/aromatic N) is 1. The van der Waals surface area contributed by atoms with E-state index in [2.05, 4.69) is 39.4 Å². The van der Waals surface area contributed by atoms with Crippen molar-refractivity contribution in [1.82, 2.24) is 5.32 Å². The molecule has 27 heavy (non-hydrogen) atoms. The van der Waals surface area contributed by atoms with Crippen LogP contribution in [0.15, 0.2) is 81.6 Å². The summed E-state index contributed by atoms with van der Waals surface area (Å²) in [5.74, 6) is 0.0151. The van der Waals surface area contributed by atoms with Gasteiger partial charge in [-0.05, 0) is 42.5 Å². The Labute approximate surface area is 167 Å². The van der Waals surface area contributed by atoms with Crippen LogP contribution >= 0.6 is 15.9 Å². The maximum absolute atomic E-state index is 13.2. The number of hydrogen-bond donors (Lipinski definition) is 1. The van der Waals surface area contributed by atoms with Crippen LogP contribution in [0.1, 0.15) is 42.7 Å². The van der Waals surface area contributed by atoms with Crippen LogP contribution in [0.5, 0.6) is 0 Å². The van der Waals surface area contributed by atoms with E-state index in [1.807, 2.05) is 49.4 Å². The Morgan fingerprint density at radius 1 is 1.04 bits per heavy atom. The first-order valence-electron chi connectivity index (χ1n) is 9.03. The fourth-order valence-electron chi connectivity index (χ4n) is 4.14. The smallest absolute Gasteiger partial charge is 0.162 e. The van der Waals surface area contributed by atoms with Crippen molar-refractivity contribution in [1.29, 1.82) is 5.26 Å². The fraction of sp³-hybridized carbons (Fsp3) is 0.217. The van der Waals surface area contributed by atoms with Crippen LogP contribution in [0.25, 0.3) is 0 Å². The van der Waals surface area contributed by atoms with E-state index in [1.165, 1.54) is 5.56 Å². The molecule has 3 nitrogen and oxygen atoms in total. The van der Waals surface area contributed by atoms with Gasteiger partial charge in [0.15, 0.2) is 5.78 Å². The lowest BCUT2D eigenvalue weighted by molar-refractivity contribution is -0.116. The zero-order valence-electron chi connectivity index (χ0n) is 15.0. The van der Waals surface area contributed by atoms with Gasteiger partial charge in [-0.3, -0.25) is 4.79 Å². The molecule has 4 heteroatoms. The molecule has 0 saturated carbocycles. The molecule has 0 spiro atoms. The fourth-order valence-corrected chi connectivity index (χ4v) is 4.40. The highest BCUT2D eigenvalue weighted by molar-refractivity contribution is 9.10. The van der Waals surface area contributed by atoms with Crippen molar-refractivity contribution in [3.05, 3.63) is 92.7 Å². The number of halogens is 1. The normalized spacial score (nSPS) is 22.2. The zero-order valence-corrected chi connectivity index (χ0v) is 16.6. The third-order valence-electron chi connectivity index (χ3n) is 5.42. The Hall–Kier alpha value is -2.64. The Morgan fingerprint density at radius 2 is 1.74 bits per heavy atom. The average Bonchev–Trinajstić information content (AvgIpc) is 2.68. The van der Waals surface area contributed by atoms with Crippen LogP contribution in [-0.2, 0) is 4.79 Å². The number of carbonyl (C=O) groups excluding carboxylic acids is 1. The first-order valence-corrected chi connectivity index (χ1v) is 9.82. The summed E-state index contributed by atoms with van der Waals surface area (Å²) in [6.45, 7) is 1.92. The Morgan fingerprint density at radius 3 is 2.41 bits per heavy atom. The molecule has 1 heterocycles. The third kappa shape index (κ3) is 3.24. The number of dihydropyridines is 1. The summed E-state index contributed by atoms with van der Waals surface area (Å²) in [6, 6.07) is 20.4. The number of rotatable bonds is 2. The molecule has 4 rings (SSSR count). The van der Waals surface area contributed by atoms with Crippen molar-refractivity contribution in [3.8, 4) is 6.07 Å². The van der Waals surface area contributed by atoms with Gasteiger partial charge in [0.2, 0.25) is 0 Å². The molecule has 0 saturated heterocycles. The quantitative estimate of drug-likeness (QED) is 0.716. The van der Waals surface area contributed by atoms with Crippen molar-refractivity contribution in [2.45, 2.75) is 31.6 Å². The molecule has 2 aliphatic rings. The van der Waals surface area contributed by atoms with Crippen molar-refractivity contribution >= 4 is 21.7 Å². The van der Waals surface area contributed by atoms with Crippen LogP contribution < -0.4 is 5.32 Å². The molecule has 0 amide bonds. The second kappa shape index (κ2) is 7.17. The van der Waals surface area contributed by atoms with E-state index < -0.39 is 0 Å². The van der Waals surface area contributed by atoms with Gasteiger partial charge in [-0.1, -0.05) is 58.4 Å². The monoisotopic (exact) mass is 418 g/mol. The highest BCUT2D eigenvalue weighted by Crippen LogP contribution is 2.45. The summed E-state index contributed by atoms with van der Waals surface area (Å²) in [5, 5.41) is 13.1. The molecule has 0 fully saturated rings. The molecule has 0 aromatic heterocycles. The number of benzene rings is 2. The first kappa shape index (κ1) is 17.8. The summed E-state index contributed by atoms with van der Waals surface area (Å²) in [6.07, 6.45) is 1.27. The predicted octanol–water partition coefficient (Wildman–Crippen LogP) is 5.33. The molecular weight excluding hydrogens is 400 g/mol. The van der Waals surface area contributed by atoms with E-state index >= 15 is 0 Å². The summed E-state index contributed by atoms with van der Waals surface area (Å²) in [7, 11) is 0. The second-order valence-electron chi connectivity index (χ2n) is 7.09. The second-order valence-corrected chi connectivity index (χ2v) is 8.01. The van der Waals surface area contributed by atoms with Crippen molar-refractivity contribution in [2.24, 2.45) is 0 Å². The van der Waals surface area contributed by atoms with Crippen molar-refractivity contribution in [2.75, 3.05) is 0 Å². The van der Waals surface area contributed by atoms with Gasteiger partial charge in [0, 0.05) is 27.9 Å². The van der Waals surface area contributed by atoms with Crippen LogP contribution in [-0.4, -0.2) is 5.78 Å². The lowest BCUT2D eigenvalue weighted by atomic mass is 9.72. The van der Waals surface area contributed by atoms with E-state index in [0.29, 0.717) is 12.0 Å². The lowest BCUT2D eigenvalue weighted by Gasteiger charge is -2.35. The summed E-state index contributed by atoms with van der Waals surface area (Å²) in [4.78, 5) is 13.2. The molecule has 0 unspecified atom stereocenters. The van der Waals surface area contributed by atoms with Gasteiger partial charge >= 0.3 is 0 Å². The lowest BCUT2D eigenvalue weighted by Crippen LogP contribution is -2.33. The molecule has 1 N–H and O–H groups in total. The van der Waals surface area contributed by atoms with Gasteiger partial charge in [0.05, 0.1) is 17.6 Å². The van der Waals surface area contributed by atoms with Gasteiger partial charge in [0.25, 0.3) is 0 Å². The molecule has 0 radical (unpaired) electrons. The minimum Gasteiger partial charge on any atom is -0.361 e. The van der Waals surface area contributed by atoms with Crippen LogP contribution in [0.3, 0.4) is 0 Å². The van der Waals surface area contributed by atoms with E-state index in [0.717, 1.165) is 33.4 Å². The maximum atomic E-state index is 13.2. The first-order chi connectivity index (χ1) is 13.1. The van der Waals surface area contributed by atoms with Crippen molar-refractivity contribution < 1.29 is 4.79 Å². The average molecular weight is 419 g/mol. The summed E-state index contributed by atoms with van der Waals surface area (Å²) < 4.78 is 0.979. The van der Waals surface area contributed by atoms with Crippen LogP contribution in [0.4, 0.5) is 0 Å². The number of allylic oxidation sites excluding steroid dienone is 4. The minimum atomic E-state index is -0.288. The van der Waals surface area contributed by atoms with E-state index in [9.17, 15) is 10.1 Å². The number of carbonyl (C=O) groups is 1. The maximum Gasteiger partial charge on any atom is 0.162 e. The summed E-state index contributed by atoms with van der Waals surface area (Å²) in [5.41, 5.74) is 5.35. The number of Topliss-reactive ketones (excluding diaryl/α,β-unsaturated/α-hetero) is 1. The third-order valence-corrected chi connectivity index (χ3v) is 5.95. The highest BCUT2D eigenvalue weighted by Gasteiger charge is 2.38. The molecule has 1 aliphatic heterocycles. The number of nitriles is 1. The number of nitrogens with one attached hydrogen (secondary N) is 1. The standard InChI is InChI=1S/C23H19BrN2O/c1-14-19(13-25)22(16-7-9-18(24)10-8-16)23-20(26-14)11-17(12-21(23)27)15-5-3-2-4-6-15/h2-10,17,22,26H,11-12H2,1H3/t17-,22+/m1/s1. The molecule has 2 atom stereocenters. The van der Waals surface area contributed by atoms with Crippen LogP contribution in [0, 0.1) is 11.3 Å². The molecule has 2 aromatic carbocycles. The van der Waals surface area contributed by atoms with Gasteiger partial charge in [-0.25, -0.2) is 0 Å². The summed E-state index contributed by atoms with van der Waals surface area (Å²) >= 11 is 3.46. The van der Waals surface area contributed by atoms with E-state index in [-0.39, 0.29) is 17.6 Å². The Kier molecular flexibility index (Phi) is 4.72. The largest absolute Gasteiger partial charge is 0.361 e. The number of ketones is 1. The zero-order chi connectivity index (χ0) is 19.0. The van der Waals surface area contributed by atoms with Crippen molar-refractivity contribution in [3.63, 3.8) is 0 Å². The minimum absolute atomic E-state index is 0.130. The Balaban J connectivity index is 1.79. The highest BCUT2D eigenvalue weighted by atomic mass is 79.9. The SMILES string of the molecule is CC1=C(C#N)[C@H](c2ccc(Br)cc2)C2=C(C[C@@H](c3ccccc3)CC2=O)N1. The molecule has 134 valence electrons.